The Morgan fingerprint density at radius 2 is 1.86 bits per heavy atom. The summed E-state index contributed by atoms with van der Waals surface area (Å²) in [6.45, 7) is 0.243. The first-order valence-electron chi connectivity index (χ1n) is 6.30. The topological polar surface area (TPSA) is 57.4 Å². The zero-order valence-corrected chi connectivity index (χ0v) is 12.3. The molecule has 0 atom stereocenters. The number of benzene rings is 2. The SMILES string of the molecule is Brc1ccccc1-c1nc(-c2ccc3c(c2)OCO3)no1. The molecule has 2 aromatic carbocycles. The number of rotatable bonds is 2. The molecular weight excluding hydrogens is 336 g/mol. The van der Waals surface area contributed by atoms with Gasteiger partial charge < -0.3 is 14.0 Å². The summed E-state index contributed by atoms with van der Waals surface area (Å²) >= 11 is 3.47. The number of ether oxygens (including phenoxy) is 2. The van der Waals surface area contributed by atoms with E-state index < -0.39 is 0 Å². The Balaban J connectivity index is 1.73. The number of halogens is 1. The minimum Gasteiger partial charge on any atom is -0.454 e. The van der Waals surface area contributed by atoms with Gasteiger partial charge in [0.2, 0.25) is 12.6 Å². The van der Waals surface area contributed by atoms with Crippen molar-refractivity contribution in [3.05, 3.63) is 46.9 Å². The van der Waals surface area contributed by atoms with Crippen molar-refractivity contribution in [1.82, 2.24) is 10.1 Å². The zero-order chi connectivity index (χ0) is 14.2. The van der Waals surface area contributed by atoms with Crippen LogP contribution in [0.3, 0.4) is 0 Å². The van der Waals surface area contributed by atoms with E-state index in [9.17, 15) is 0 Å². The van der Waals surface area contributed by atoms with Crippen molar-refractivity contribution in [1.29, 1.82) is 0 Å². The lowest BCUT2D eigenvalue weighted by molar-refractivity contribution is 0.174. The molecule has 0 spiro atoms. The van der Waals surface area contributed by atoms with Crippen LogP contribution < -0.4 is 9.47 Å². The fourth-order valence-electron chi connectivity index (χ4n) is 2.12. The fourth-order valence-corrected chi connectivity index (χ4v) is 2.57. The lowest BCUT2D eigenvalue weighted by atomic mass is 10.2. The molecule has 2 heterocycles. The van der Waals surface area contributed by atoms with E-state index in [1.54, 1.807) is 0 Å². The third-order valence-corrected chi connectivity index (χ3v) is 3.85. The molecule has 1 aromatic heterocycles. The minimum absolute atomic E-state index is 0.243. The average molecular weight is 345 g/mol. The maximum Gasteiger partial charge on any atom is 0.259 e. The highest BCUT2D eigenvalue weighted by atomic mass is 79.9. The first kappa shape index (κ1) is 12.4. The fraction of sp³-hybridized carbons (Fsp3) is 0.0667. The van der Waals surface area contributed by atoms with E-state index >= 15 is 0 Å². The molecule has 1 aliphatic heterocycles. The van der Waals surface area contributed by atoms with Crippen LogP contribution in [0.5, 0.6) is 11.5 Å². The number of fused-ring (bicyclic) bond motifs is 1. The number of hydrogen-bond donors (Lipinski definition) is 0. The lowest BCUT2D eigenvalue weighted by Crippen LogP contribution is -1.92. The van der Waals surface area contributed by atoms with Crippen molar-refractivity contribution >= 4 is 15.9 Å². The van der Waals surface area contributed by atoms with Gasteiger partial charge in [-0.05, 0) is 46.3 Å². The van der Waals surface area contributed by atoms with Crippen molar-refractivity contribution < 1.29 is 14.0 Å². The van der Waals surface area contributed by atoms with Gasteiger partial charge in [-0.25, -0.2) is 0 Å². The second-order valence-corrected chi connectivity index (χ2v) is 5.33. The summed E-state index contributed by atoms with van der Waals surface area (Å²) in [7, 11) is 0. The summed E-state index contributed by atoms with van der Waals surface area (Å²) < 4.78 is 16.9. The molecule has 1 aliphatic rings. The molecule has 0 bridgehead atoms. The Labute approximate surface area is 128 Å². The van der Waals surface area contributed by atoms with Crippen molar-refractivity contribution in [2.45, 2.75) is 0 Å². The first-order valence-corrected chi connectivity index (χ1v) is 7.09. The average Bonchev–Trinajstić information content (AvgIpc) is 3.16. The molecule has 0 aliphatic carbocycles. The monoisotopic (exact) mass is 344 g/mol. The highest BCUT2D eigenvalue weighted by Crippen LogP contribution is 2.36. The Morgan fingerprint density at radius 1 is 1.00 bits per heavy atom. The maximum absolute atomic E-state index is 5.36. The Hall–Kier alpha value is -2.34. The van der Waals surface area contributed by atoms with Gasteiger partial charge in [0.25, 0.3) is 5.89 Å². The van der Waals surface area contributed by atoms with E-state index in [0.717, 1.165) is 21.3 Å². The number of aromatic nitrogens is 2. The van der Waals surface area contributed by atoms with E-state index in [4.69, 9.17) is 14.0 Å². The molecule has 0 unspecified atom stereocenters. The molecule has 0 saturated heterocycles. The van der Waals surface area contributed by atoms with Crippen LogP contribution in [0, 0.1) is 0 Å². The van der Waals surface area contributed by atoms with Gasteiger partial charge in [-0.1, -0.05) is 17.3 Å². The summed E-state index contributed by atoms with van der Waals surface area (Å²) in [6, 6.07) is 13.3. The van der Waals surface area contributed by atoms with Gasteiger partial charge in [-0.15, -0.1) is 0 Å². The van der Waals surface area contributed by atoms with Gasteiger partial charge in [0.1, 0.15) is 0 Å². The van der Waals surface area contributed by atoms with Crippen LogP contribution >= 0.6 is 15.9 Å². The highest BCUT2D eigenvalue weighted by molar-refractivity contribution is 9.10. The van der Waals surface area contributed by atoms with Gasteiger partial charge in [-0.3, -0.25) is 0 Å². The van der Waals surface area contributed by atoms with Crippen LogP contribution in [-0.4, -0.2) is 16.9 Å². The first-order chi connectivity index (χ1) is 10.3. The Kier molecular flexibility index (Phi) is 2.89. The predicted molar refractivity (Wildman–Crippen MR) is 79.0 cm³/mol. The van der Waals surface area contributed by atoms with Crippen LogP contribution in [0.15, 0.2) is 51.5 Å². The van der Waals surface area contributed by atoms with Crippen LogP contribution in [0.4, 0.5) is 0 Å². The molecule has 21 heavy (non-hydrogen) atoms. The lowest BCUT2D eigenvalue weighted by Gasteiger charge is -1.98. The summed E-state index contributed by atoms with van der Waals surface area (Å²) in [5.74, 6) is 2.40. The molecular formula is C15H9BrN2O3. The summed E-state index contributed by atoms with van der Waals surface area (Å²) in [5, 5.41) is 4.03. The van der Waals surface area contributed by atoms with Crippen LogP contribution in [0.2, 0.25) is 0 Å². The van der Waals surface area contributed by atoms with Crippen molar-refractivity contribution in [3.8, 4) is 34.3 Å². The Bertz CT molecular complexity index is 816. The molecule has 0 saturated carbocycles. The van der Waals surface area contributed by atoms with Crippen LogP contribution in [-0.2, 0) is 0 Å². The van der Waals surface area contributed by atoms with E-state index in [2.05, 4.69) is 26.1 Å². The highest BCUT2D eigenvalue weighted by Gasteiger charge is 2.17. The molecule has 6 heteroatoms. The van der Waals surface area contributed by atoms with Crippen molar-refractivity contribution in [2.24, 2.45) is 0 Å². The molecule has 0 N–H and O–H groups in total. The van der Waals surface area contributed by atoms with Crippen LogP contribution in [0.25, 0.3) is 22.8 Å². The summed E-state index contributed by atoms with van der Waals surface area (Å²) in [4.78, 5) is 4.43. The van der Waals surface area contributed by atoms with Crippen molar-refractivity contribution in [2.75, 3.05) is 6.79 Å². The summed E-state index contributed by atoms with van der Waals surface area (Å²) in [5.41, 5.74) is 1.68. The largest absolute Gasteiger partial charge is 0.454 e. The molecule has 5 nitrogen and oxygen atoms in total. The second-order valence-electron chi connectivity index (χ2n) is 4.47. The van der Waals surface area contributed by atoms with E-state index in [0.29, 0.717) is 17.5 Å². The predicted octanol–water partition coefficient (Wildman–Crippen LogP) is 3.89. The molecule has 4 rings (SSSR count). The third kappa shape index (κ3) is 2.17. The second kappa shape index (κ2) is 4.89. The van der Waals surface area contributed by atoms with Gasteiger partial charge in [0.15, 0.2) is 11.5 Å². The normalized spacial score (nSPS) is 12.6. The maximum atomic E-state index is 5.36. The van der Waals surface area contributed by atoms with Gasteiger partial charge in [0.05, 0.1) is 5.56 Å². The standard InChI is InChI=1S/C15H9BrN2O3/c16-11-4-2-1-3-10(11)15-17-14(18-21-15)9-5-6-12-13(7-9)20-8-19-12/h1-7H,8H2. The van der Waals surface area contributed by atoms with E-state index in [1.165, 1.54) is 0 Å². The Morgan fingerprint density at radius 3 is 2.76 bits per heavy atom. The smallest absolute Gasteiger partial charge is 0.259 e. The summed E-state index contributed by atoms with van der Waals surface area (Å²) in [6.07, 6.45) is 0. The van der Waals surface area contributed by atoms with E-state index in [1.807, 2.05) is 42.5 Å². The number of hydrogen-bond acceptors (Lipinski definition) is 5. The van der Waals surface area contributed by atoms with Gasteiger partial charge >= 0.3 is 0 Å². The number of nitrogens with zero attached hydrogens (tertiary/aromatic N) is 2. The van der Waals surface area contributed by atoms with Gasteiger partial charge in [-0.2, -0.15) is 4.98 Å². The molecule has 0 fully saturated rings. The van der Waals surface area contributed by atoms with Crippen molar-refractivity contribution in [3.63, 3.8) is 0 Å². The molecule has 0 amide bonds. The molecule has 3 aromatic rings. The zero-order valence-electron chi connectivity index (χ0n) is 10.7. The molecule has 104 valence electrons. The molecule has 0 radical (unpaired) electrons. The third-order valence-electron chi connectivity index (χ3n) is 3.16. The van der Waals surface area contributed by atoms with Gasteiger partial charge in [0, 0.05) is 10.0 Å². The van der Waals surface area contributed by atoms with Crippen LogP contribution in [0.1, 0.15) is 0 Å². The van der Waals surface area contributed by atoms with E-state index in [-0.39, 0.29) is 6.79 Å². The quantitative estimate of drug-likeness (QED) is 0.705. The minimum atomic E-state index is 0.243.